The Morgan fingerprint density at radius 3 is 2.31 bits per heavy atom. The Hall–Kier alpha value is -3.86. The maximum atomic E-state index is 13.3. The number of anilines is 1. The van der Waals surface area contributed by atoms with Gasteiger partial charge in [0.25, 0.3) is 11.7 Å². The van der Waals surface area contributed by atoms with Crippen LogP contribution in [0.3, 0.4) is 0 Å². The number of nitrogens with zero attached hydrogens (tertiary/aromatic N) is 1. The highest BCUT2D eigenvalue weighted by molar-refractivity contribution is 6.51. The molecule has 1 fully saturated rings. The Labute approximate surface area is 187 Å². The zero-order valence-electron chi connectivity index (χ0n) is 18.5. The minimum absolute atomic E-state index is 0.0790. The van der Waals surface area contributed by atoms with Crippen LogP contribution >= 0.6 is 0 Å². The molecule has 0 radical (unpaired) electrons. The second-order valence-corrected chi connectivity index (χ2v) is 8.03. The van der Waals surface area contributed by atoms with Crippen molar-refractivity contribution in [3.8, 4) is 5.75 Å². The molecule has 4 rings (SSSR count). The molecule has 0 aromatic heterocycles. The topological polar surface area (TPSA) is 66.8 Å². The van der Waals surface area contributed by atoms with Crippen LogP contribution in [0.4, 0.5) is 5.69 Å². The van der Waals surface area contributed by atoms with E-state index in [1.165, 1.54) is 4.90 Å². The van der Waals surface area contributed by atoms with Gasteiger partial charge in [0.15, 0.2) is 0 Å². The normalized spacial score (nSPS) is 17.6. The molecule has 162 valence electrons. The molecule has 1 N–H and O–H groups in total. The van der Waals surface area contributed by atoms with Crippen LogP contribution in [-0.4, -0.2) is 23.9 Å². The van der Waals surface area contributed by atoms with Gasteiger partial charge in [0.05, 0.1) is 18.7 Å². The highest BCUT2D eigenvalue weighted by Crippen LogP contribution is 2.43. The molecule has 1 aliphatic rings. The van der Waals surface area contributed by atoms with Gasteiger partial charge in [0.1, 0.15) is 11.5 Å². The van der Waals surface area contributed by atoms with Crippen LogP contribution in [-0.2, 0) is 9.59 Å². The lowest BCUT2D eigenvalue weighted by Gasteiger charge is -2.27. The molecular weight excluding hydrogens is 402 g/mol. The van der Waals surface area contributed by atoms with Crippen molar-refractivity contribution in [2.45, 2.75) is 26.8 Å². The Balaban J connectivity index is 1.98. The molecule has 1 atom stereocenters. The van der Waals surface area contributed by atoms with Crippen molar-refractivity contribution in [1.82, 2.24) is 0 Å². The smallest absolute Gasteiger partial charge is 0.300 e. The average Bonchev–Trinajstić information content (AvgIpc) is 3.06. The summed E-state index contributed by atoms with van der Waals surface area (Å²) in [6.07, 6.45) is 0. The largest absolute Gasteiger partial charge is 0.507 e. The number of ketones is 1. The van der Waals surface area contributed by atoms with E-state index in [1.807, 2.05) is 57.2 Å². The van der Waals surface area contributed by atoms with Gasteiger partial charge in [-0.1, -0.05) is 42.5 Å². The zero-order chi connectivity index (χ0) is 23.0. The number of ether oxygens (including phenoxy) is 1. The number of benzene rings is 3. The van der Waals surface area contributed by atoms with Crippen LogP contribution in [0.1, 0.15) is 33.9 Å². The third-order valence-electron chi connectivity index (χ3n) is 6.04. The third-order valence-corrected chi connectivity index (χ3v) is 6.04. The molecule has 1 aliphatic heterocycles. The van der Waals surface area contributed by atoms with Crippen molar-refractivity contribution in [3.63, 3.8) is 0 Å². The molecule has 1 unspecified atom stereocenters. The second kappa shape index (κ2) is 8.35. The van der Waals surface area contributed by atoms with E-state index >= 15 is 0 Å². The lowest BCUT2D eigenvalue weighted by atomic mass is 9.92. The fraction of sp³-hybridized carbons (Fsp3) is 0.185. The lowest BCUT2D eigenvalue weighted by molar-refractivity contribution is -0.132. The van der Waals surface area contributed by atoms with E-state index in [-0.39, 0.29) is 11.3 Å². The van der Waals surface area contributed by atoms with Gasteiger partial charge >= 0.3 is 0 Å². The van der Waals surface area contributed by atoms with Crippen molar-refractivity contribution in [1.29, 1.82) is 0 Å². The number of aryl methyl sites for hydroxylation is 3. The third kappa shape index (κ3) is 3.56. The first kappa shape index (κ1) is 21.4. The lowest BCUT2D eigenvalue weighted by Crippen LogP contribution is -2.29. The van der Waals surface area contributed by atoms with Gasteiger partial charge < -0.3 is 9.84 Å². The quantitative estimate of drug-likeness (QED) is 0.351. The van der Waals surface area contributed by atoms with Crippen LogP contribution in [0, 0.1) is 20.8 Å². The van der Waals surface area contributed by atoms with Crippen LogP contribution < -0.4 is 9.64 Å². The highest BCUT2D eigenvalue weighted by Gasteiger charge is 2.47. The zero-order valence-corrected chi connectivity index (χ0v) is 18.5. The van der Waals surface area contributed by atoms with Crippen molar-refractivity contribution >= 4 is 23.1 Å². The fourth-order valence-electron chi connectivity index (χ4n) is 4.09. The molecule has 32 heavy (non-hydrogen) atoms. The van der Waals surface area contributed by atoms with Crippen molar-refractivity contribution in [2.75, 3.05) is 12.0 Å². The molecule has 0 spiro atoms. The molecule has 5 heteroatoms. The molecule has 1 amide bonds. The summed E-state index contributed by atoms with van der Waals surface area (Å²) in [5.74, 6) is -0.999. The van der Waals surface area contributed by atoms with E-state index in [9.17, 15) is 14.7 Å². The first-order chi connectivity index (χ1) is 15.3. The second-order valence-electron chi connectivity index (χ2n) is 8.03. The predicted molar refractivity (Wildman–Crippen MR) is 125 cm³/mol. The van der Waals surface area contributed by atoms with E-state index in [1.54, 1.807) is 37.4 Å². The van der Waals surface area contributed by atoms with E-state index in [4.69, 9.17) is 4.74 Å². The van der Waals surface area contributed by atoms with Gasteiger partial charge in [-0.2, -0.15) is 0 Å². The van der Waals surface area contributed by atoms with Crippen molar-refractivity contribution in [2.24, 2.45) is 0 Å². The number of carbonyl (C=O) groups excluding carboxylic acids is 2. The van der Waals surface area contributed by atoms with Crippen molar-refractivity contribution in [3.05, 3.63) is 100 Å². The monoisotopic (exact) mass is 427 g/mol. The summed E-state index contributed by atoms with van der Waals surface area (Å²) in [5, 5.41) is 11.3. The minimum atomic E-state index is -0.759. The van der Waals surface area contributed by atoms with Crippen LogP contribution in [0.25, 0.3) is 5.76 Å². The van der Waals surface area contributed by atoms with E-state index in [0.29, 0.717) is 17.0 Å². The van der Waals surface area contributed by atoms with Gasteiger partial charge in [-0.05, 0) is 61.2 Å². The summed E-state index contributed by atoms with van der Waals surface area (Å²) in [7, 11) is 1.55. The summed E-state index contributed by atoms with van der Waals surface area (Å²) in [4.78, 5) is 28.0. The van der Waals surface area contributed by atoms with Gasteiger partial charge in [-0.3, -0.25) is 14.5 Å². The standard InChI is InChI=1S/C27H25NO4/c1-16-12-13-19(14-18(16)3)25(29)23-24(22-11-6-5-8-17(22)2)28(27(31)26(23)30)20-9-7-10-21(15-20)32-4/h5-15,24,29H,1-4H3/b25-23+. The highest BCUT2D eigenvalue weighted by atomic mass is 16.5. The Morgan fingerprint density at radius 1 is 0.875 bits per heavy atom. The molecule has 0 bridgehead atoms. The summed E-state index contributed by atoms with van der Waals surface area (Å²) < 4.78 is 5.32. The van der Waals surface area contributed by atoms with Crippen LogP contribution in [0.15, 0.2) is 72.3 Å². The minimum Gasteiger partial charge on any atom is -0.507 e. The number of aliphatic hydroxyl groups is 1. The number of methoxy groups -OCH3 is 1. The van der Waals surface area contributed by atoms with Gasteiger partial charge in [-0.25, -0.2) is 0 Å². The molecule has 1 heterocycles. The maximum absolute atomic E-state index is 13.3. The summed E-state index contributed by atoms with van der Waals surface area (Å²) in [6.45, 7) is 5.85. The Kier molecular flexibility index (Phi) is 5.57. The molecule has 3 aromatic carbocycles. The molecule has 0 saturated carbocycles. The Bertz CT molecular complexity index is 1260. The first-order valence-electron chi connectivity index (χ1n) is 10.4. The van der Waals surface area contributed by atoms with Gasteiger partial charge in [-0.15, -0.1) is 0 Å². The number of amides is 1. The molecule has 0 aliphatic carbocycles. The summed E-state index contributed by atoms with van der Waals surface area (Å²) in [5.41, 5.74) is 4.88. The van der Waals surface area contributed by atoms with Gasteiger partial charge in [0.2, 0.25) is 0 Å². The maximum Gasteiger partial charge on any atom is 0.300 e. The van der Waals surface area contributed by atoms with Crippen LogP contribution in [0.5, 0.6) is 5.75 Å². The number of hydrogen-bond donors (Lipinski definition) is 1. The van der Waals surface area contributed by atoms with Gasteiger partial charge in [0, 0.05) is 17.3 Å². The van der Waals surface area contributed by atoms with Crippen LogP contribution in [0.2, 0.25) is 0 Å². The van der Waals surface area contributed by atoms with E-state index in [2.05, 4.69) is 0 Å². The fourth-order valence-corrected chi connectivity index (χ4v) is 4.09. The molecule has 1 saturated heterocycles. The molecule has 3 aromatic rings. The Morgan fingerprint density at radius 2 is 1.62 bits per heavy atom. The number of carbonyl (C=O) groups is 2. The number of aliphatic hydroxyl groups excluding tert-OH is 1. The summed E-state index contributed by atoms with van der Waals surface area (Å²) in [6, 6.07) is 19.3. The van der Waals surface area contributed by atoms with E-state index < -0.39 is 17.7 Å². The first-order valence-corrected chi connectivity index (χ1v) is 10.4. The molecular formula is C27H25NO4. The average molecular weight is 428 g/mol. The molecule has 5 nitrogen and oxygen atoms in total. The number of Topliss-reactive ketones (excluding diaryl/α,β-unsaturated/α-hetero) is 1. The van der Waals surface area contributed by atoms with Crippen molar-refractivity contribution < 1.29 is 19.4 Å². The summed E-state index contributed by atoms with van der Waals surface area (Å²) >= 11 is 0. The number of rotatable bonds is 4. The SMILES string of the molecule is COc1cccc(N2C(=O)C(=O)/C(=C(/O)c3ccc(C)c(C)c3)C2c2ccccc2C)c1. The predicted octanol–water partition coefficient (Wildman–Crippen LogP) is 5.25. The van der Waals surface area contributed by atoms with E-state index in [0.717, 1.165) is 22.3 Å². The number of hydrogen-bond acceptors (Lipinski definition) is 4.